The Bertz CT molecular complexity index is 144. The average molecular weight is 289 g/mol. The predicted octanol–water partition coefficient (Wildman–Crippen LogP) is 4.79. The Labute approximate surface area is 117 Å². The molecule has 2 rings (SSSR count). The molecule has 16 heavy (non-hydrogen) atoms. The Morgan fingerprint density at radius 3 is 1.31 bits per heavy atom. The van der Waals surface area contributed by atoms with Gasteiger partial charge in [0.1, 0.15) is 0 Å². The van der Waals surface area contributed by atoms with E-state index < -0.39 is 0 Å². The van der Waals surface area contributed by atoms with Gasteiger partial charge in [-0.15, -0.1) is 0 Å². The quantitative estimate of drug-likeness (QED) is 0.385. The van der Waals surface area contributed by atoms with E-state index in [0.29, 0.717) is 0 Å². The Morgan fingerprint density at radius 1 is 0.812 bits per heavy atom. The van der Waals surface area contributed by atoms with Crippen molar-refractivity contribution in [3.63, 3.8) is 0 Å². The predicted molar refractivity (Wildman–Crippen MR) is 68.7 cm³/mol. The van der Waals surface area contributed by atoms with Crippen LogP contribution in [0.5, 0.6) is 0 Å². The van der Waals surface area contributed by atoms with Crippen LogP contribution in [-0.2, 0) is 21.9 Å². The number of carbonyl (C=O) groups is 1. The molecule has 0 amide bonds. The standard InChI is InChI=1S/C6H9ClO.C5H10.2CH3.Fe/c7-6(8)5-3-1-2-4-5;1-2-4-5-3-1;;;/h5H,1-4H2;1-5H2;2*1H3;/q;;2*-1;+2. The van der Waals surface area contributed by atoms with Gasteiger partial charge in [0.15, 0.2) is 0 Å². The minimum atomic E-state index is -0.137. The number of hydrogen-bond acceptors (Lipinski definition) is 1. The van der Waals surface area contributed by atoms with Gasteiger partial charge in [0.25, 0.3) is 0 Å². The van der Waals surface area contributed by atoms with Crippen molar-refractivity contribution in [2.24, 2.45) is 5.92 Å². The second-order valence-corrected chi connectivity index (χ2v) is 4.43. The molecule has 0 N–H and O–H groups in total. The van der Waals surface area contributed by atoms with Gasteiger partial charge in [-0.3, -0.25) is 4.79 Å². The smallest absolute Gasteiger partial charge is 0.358 e. The summed E-state index contributed by atoms with van der Waals surface area (Å²) >= 11 is 5.25. The molecule has 0 aromatic rings. The van der Waals surface area contributed by atoms with Crippen molar-refractivity contribution in [1.82, 2.24) is 0 Å². The molecule has 98 valence electrons. The summed E-state index contributed by atoms with van der Waals surface area (Å²) in [6, 6.07) is 0. The van der Waals surface area contributed by atoms with Crippen LogP contribution < -0.4 is 0 Å². The SMILES string of the molecule is C1CCCC1.O=C(Cl)C1CCCC1.[CH3-].[CH3-].[Fe+2]. The molecule has 0 atom stereocenters. The van der Waals surface area contributed by atoms with Crippen LogP contribution in [0.3, 0.4) is 0 Å². The summed E-state index contributed by atoms with van der Waals surface area (Å²) < 4.78 is 0. The van der Waals surface area contributed by atoms with Crippen molar-refractivity contribution < 1.29 is 21.9 Å². The minimum Gasteiger partial charge on any atom is -0.358 e. The average Bonchev–Trinajstić information content (AvgIpc) is 2.82. The monoisotopic (exact) mass is 288 g/mol. The third-order valence-electron chi connectivity index (χ3n) is 2.93. The first-order valence-corrected chi connectivity index (χ1v) is 5.88. The van der Waals surface area contributed by atoms with Crippen LogP contribution in [0.4, 0.5) is 0 Å². The topological polar surface area (TPSA) is 17.1 Å². The molecule has 1 nitrogen and oxygen atoms in total. The molecule has 0 spiro atoms. The zero-order chi connectivity index (χ0) is 9.52. The molecule has 0 aliphatic heterocycles. The second-order valence-electron chi connectivity index (χ2n) is 4.05. The molecular formula is C13H25ClFeO. The van der Waals surface area contributed by atoms with Gasteiger partial charge < -0.3 is 14.9 Å². The van der Waals surface area contributed by atoms with E-state index in [2.05, 4.69) is 0 Å². The molecule has 0 unspecified atom stereocenters. The van der Waals surface area contributed by atoms with Gasteiger partial charge in [0, 0.05) is 5.92 Å². The Hall–Kier alpha value is 0.479. The van der Waals surface area contributed by atoms with Crippen LogP contribution >= 0.6 is 11.6 Å². The van der Waals surface area contributed by atoms with Gasteiger partial charge in [-0.25, -0.2) is 0 Å². The van der Waals surface area contributed by atoms with E-state index in [1.54, 1.807) is 0 Å². The molecule has 2 saturated carbocycles. The fourth-order valence-electron chi connectivity index (χ4n) is 2.04. The van der Waals surface area contributed by atoms with Gasteiger partial charge in [-0.2, -0.15) is 0 Å². The number of carbonyl (C=O) groups excluding carboxylic acids is 1. The Kier molecular flexibility index (Phi) is 18.4. The van der Waals surface area contributed by atoms with E-state index in [0.717, 1.165) is 12.8 Å². The molecule has 2 fully saturated rings. The first kappa shape index (κ1) is 21.7. The van der Waals surface area contributed by atoms with E-state index in [1.807, 2.05) is 0 Å². The summed E-state index contributed by atoms with van der Waals surface area (Å²) in [7, 11) is 0. The summed E-state index contributed by atoms with van der Waals surface area (Å²) in [6.45, 7) is 0. The largest absolute Gasteiger partial charge is 2.00 e. The van der Waals surface area contributed by atoms with E-state index >= 15 is 0 Å². The van der Waals surface area contributed by atoms with Crippen LogP contribution in [0.15, 0.2) is 0 Å². The molecular weight excluding hydrogens is 263 g/mol. The van der Waals surface area contributed by atoms with Crippen LogP contribution in [0.2, 0.25) is 0 Å². The van der Waals surface area contributed by atoms with Gasteiger partial charge in [0.05, 0.1) is 0 Å². The second kappa shape index (κ2) is 13.5. The van der Waals surface area contributed by atoms with Crippen LogP contribution in [0.1, 0.15) is 57.8 Å². The van der Waals surface area contributed by atoms with Crippen molar-refractivity contribution in [3.8, 4) is 0 Å². The van der Waals surface area contributed by atoms with E-state index in [1.165, 1.54) is 44.9 Å². The molecule has 0 radical (unpaired) electrons. The molecule has 0 bridgehead atoms. The van der Waals surface area contributed by atoms with Crippen LogP contribution in [0.25, 0.3) is 0 Å². The van der Waals surface area contributed by atoms with Crippen molar-refractivity contribution in [1.29, 1.82) is 0 Å². The zero-order valence-electron chi connectivity index (χ0n) is 10.6. The molecule has 0 heterocycles. The summed E-state index contributed by atoms with van der Waals surface area (Å²) in [5, 5.41) is -0.137. The maximum absolute atomic E-state index is 10.4. The van der Waals surface area contributed by atoms with Crippen molar-refractivity contribution in [2.75, 3.05) is 0 Å². The first-order chi connectivity index (χ1) is 6.30. The maximum Gasteiger partial charge on any atom is 2.00 e. The minimum absolute atomic E-state index is 0. The number of halogens is 1. The summed E-state index contributed by atoms with van der Waals surface area (Å²) in [5.74, 6) is 0.191. The first-order valence-electron chi connectivity index (χ1n) is 5.50. The van der Waals surface area contributed by atoms with Gasteiger partial charge >= 0.3 is 17.1 Å². The van der Waals surface area contributed by atoms with E-state index in [4.69, 9.17) is 11.6 Å². The Balaban J connectivity index is -0.000000189. The van der Waals surface area contributed by atoms with Gasteiger partial charge in [-0.1, -0.05) is 44.9 Å². The number of hydrogen-bond donors (Lipinski definition) is 0. The fourth-order valence-corrected chi connectivity index (χ4v) is 2.25. The maximum atomic E-state index is 10.4. The molecule has 2 aliphatic rings. The summed E-state index contributed by atoms with van der Waals surface area (Å²) in [5.41, 5.74) is 0. The summed E-state index contributed by atoms with van der Waals surface area (Å²) in [4.78, 5) is 10.4. The van der Waals surface area contributed by atoms with Crippen molar-refractivity contribution in [2.45, 2.75) is 57.8 Å². The molecule has 2 aliphatic carbocycles. The van der Waals surface area contributed by atoms with Crippen molar-refractivity contribution in [3.05, 3.63) is 14.9 Å². The van der Waals surface area contributed by atoms with Crippen molar-refractivity contribution >= 4 is 16.8 Å². The van der Waals surface area contributed by atoms with E-state index in [9.17, 15) is 4.79 Å². The third kappa shape index (κ3) is 9.69. The Morgan fingerprint density at radius 2 is 1.12 bits per heavy atom. The molecule has 0 aromatic heterocycles. The zero-order valence-corrected chi connectivity index (χ0v) is 12.4. The van der Waals surface area contributed by atoms with Gasteiger partial charge in [-0.05, 0) is 24.4 Å². The molecule has 0 saturated heterocycles. The van der Waals surface area contributed by atoms with Gasteiger partial charge in [0.2, 0.25) is 5.24 Å². The third-order valence-corrected chi connectivity index (χ3v) is 3.23. The molecule has 0 aromatic carbocycles. The van der Waals surface area contributed by atoms with E-state index in [-0.39, 0.29) is 43.1 Å². The fraction of sp³-hybridized carbons (Fsp3) is 0.769. The molecule has 3 heteroatoms. The summed E-state index contributed by atoms with van der Waals surface area (Å²) in [6.07, 6.45) is 11.9. The van der Waals surface area contributed by atoms with Crippen LogP contribution in [-0.4, -0.2) is 5.24 Å². The van der Waals surface area contributed by atoms with Crippen LogP contribution in [0, 0.1) is 20.8 Å². The normalized spacial score (nSPS) is 18.3. The number of rotatable bonds is 1.